The number of nitrogens with zero attached hydrogens (tertiary/aromatic N) is 3. The molecular formula is C20H31IN6O. The minimum atomic E-state index is 0. The fourth-order valence-corrected chi connectivity index (χ4v) is 3.49. The van der Waals surface area contributed by atoms with Crippen LogP contribution in [0.4, 0.5) is 0 Å². The molecule has 1 aromatic heterocycles. The van der Waals surface area contributed by atoms with Crippen LogP contribution in [0.5, 0.6) is 5.75 Å². The van der Waals surface area contributed by atoms with Gasteiger partial charge in [-0.15, -0.1) is 24.0 Å². The van der Waals surface area contributed by atoms with Crippen LogP contribution in [0.3, 0.4) is 0 Å². The van der Waals surface area contributed by atoms with E-state index in [1.54, 1.807) is 20.4 Å². The average molecular weight is 498 g/mol. The second-order valence-electron chi connectivity index (χ2n) is 6.77. The van der Waals surface area contributed by atoms with Crippen LogP contribution in [0, 0.1) is 0 Å². The maximum Gasteiger partial charge on any atom is 0.191 e. The molecule has 1 aliphatic rings. The lowest BCUT2D eigenvalue weighted by atomic mass is 10.0. The SMILES string of the molecule is CN=C(NCc1ccn[nH]1)NCC(c1ccc(OC)cc1)N1CCCCC1.I. The predicted octanol–water partition coefficient (Wildman–Crippen LogP) is 2.93. The molecule has 0 aliphatic carbocycles. The lowest BCUT2D eigenvalue weighted by Gasteiger charge is -2.35. The number of likely N-dealkylation sites (tertiary alicyclic amines) is 1. The first-order valence-electron chi connectivity index (χ1n) is 9.61. The van der Waals surface area contributed by atoms with Crippen LogP contribution in [0.1, 0.15) is 36.6 Å². The van der Waals surface area contributed by atoms with Crippen molar-refractivity contribution in [3.05, 3.63) is 47.8 Å². The molecule has 3 rings (SSSR count). The molecule has 1 aliphatic heterocycles. The van der Waals surface area contributed by atoms with Crippen molar-refractivity contribution in [2.24, 2.45) is 4.99 Å². The van der Waals surface area contributed by atoms with Gasteiger partial charge in [0.1, 0.15) is 5.75 Å². The second kappa shape index (κ2) is 11.9. The number of aromatic amines is 1. The minimum Gasteiger partial charge on any atom is -0.497 e. The van der Waals surface area contributed by atoms with E-state index in [9.17, 15) is 0 Å². The van der Waals surface area contributed by atoms with Gasteiger partial charge in [-0.1, -0.05) is 18.6 Å². The minimum absolute atomic E-state index is 0. The number of aromatic nitrogens is 2. The van der Waals surface area contributed by atoms with Gasteiger partial charge in [-0.2, -0.15) is 5.10 Å². The first kappa shape index (κ1) is 22.5. The highest BCUT2D eigenvalue weighted by Gasteiger charge is 2.22. The number of ether oxygens (including phenoxy) is 1. The zero-order valence-electron chi connectivity index (χ0n) is 16.6. The van der Waals surface area contributed by atoms with Crippen LogP contribution >= 0.6 is 24.0 Å². The Hall–Kier alpha value is -1.81. The highest BCUT2D eigenvalue weighted by atomic mass is 127. The molecule has 1 aromatic carbocycles. The number of hydrogen-bond donors (Lipinski definition) is 3. The third-order valence-corrected chi connectivity index (χ3v) is 5.02. The van der Waals surface area contributed by atoms with Crippen molar-refractivity contribution >= 4 is 29.9 Å². The summed E-state index contributed by atoms with van der Waals surface area (Å²) in [6.45, 7) is 3.74. The topological polar surface area (TPSA) is 77.6 Å². The van der Waals surface area contributed by atoms with Gasteiger partial charge < -0.3 is 15.4 Å². The quantitative estimate of drug-likeness (QED) is 0.311. The fourth-order valence-electron chi connectivity index (χ4n) is 3.49. The van der Waals surface area contributed by atoms with Crippen molar-refractivity contribution in [3.63, 3.8) is 0 Å². The molecule has 28 heavy (non-hydrogen) atoms. The summed E-state index contributed by atoms with van der Waals surface area (Å²) in [6, 6.07) is 10.7. The van der Waals surface area contributed by atoms with Crippen LogP contribution in [-0.2, 0) is 6.54 Å². The van der Waals surface area contributed by atoms with Crippen molar-refractivity contribution in [1.82, 2.24) is 25.7 Å². The van der Waals surface area contributed by atoms with E-state index in [1.165, 1.54) is 24.8 Å². The summed E-state index contributed by atoms with van der Waals surface area (Å²) in [7, 11) is 3.50. The maximum atomic E-state index is 5.31. The number of rotatable bonds is 7. The van der Waals surface area contributed by atoms with E-state index in [4.69, 9.17) is 4.74 Å². The molecule has 1 fully saturated rings. The number of methoxy groups -OCH3 is 1. The lowest BCUT2D eigenvalue weighted by Crippen LogP contribution is -2.44. The van der Waals surface area contributed by atoms with Gasteiger partial charge in [-0.05, 0) is 49.7 Å². The smallest absolute Gasteiger partial charge is 0.191 e. The molecule has 7 nitrogen and oxygen atoms in total. The molecule has 0 bridgehead atoms. The van der Waals surface area contributed by atoms with Crippen molar-refractivity contribution < 1.29 is 4.74 Å². The number of piperidine rings is 1. The zero-order valence-corrected chi connectivity index (χ0v) is 19.0. The second-order valence-corrected chi connectivity index (χ2v) is 6.77. The molecule has 1 saturated heterocycles. The van der Waals surface area contributed by atoms with Crippen molar-refractivity contribution in [3.8, 4) is 5.75 Å². The summed E-state index contributed by atoms with van der Waals surface area (Å²) in [5.74, 6) is 1.68. The summed E-state index contributed by atoms with van der Waals surface area (Å²) in [6.07, 6.45) is 5.61. The molecule has 8 heteroatoms. The van der Waals surface area contributed by atoms with Gasteiger partial charge in [0, 0.05) is 19.8 Å². The Balaban J connectivity index is 0.00000280. The van der Waals surface area contributed by atoms with E-state index in [1.807, 2.05) is 18.2 Å². The molecule has 3 N–H and O–H groups in total. The van der Waals surface area contributed by atoms with Gasteiger partial charge in [0.2, 0.25) is 0 Å². The standard InChI is InChI=1S/C20H30N6O.HI/c1-21-20(22-14-17-10-11-24-25-17)23-15-19(26-12-4-3-5-13-26)16-6-8-18(27-2)9-7-16;/h6-11,19H,3-5,12-15H2,1-2H3,(H,24,25)(H2,21,22,23);1H. The number of aliphatic imine (C=N–C) groups is 1. The zero-order chi connectivity index (χ0) is 18.9. The maximum absolute atomic E-state index is 5.31. The largest absolute Gasteiger partial charge is 0.497 e. The van der Waals surface area contributed by atoms with Crippen molar-refractivity contribution in [2.75, 3.05) is 33.8 Å². The Morgan fingerprint density at radius 1 is 1.18 bits per heavy atom. The Morgan fingerprint density at radius 2 is 1.93 bits per heavy atom. The van der Waals surface area contributed by atoms with Crippen LogP contribution < -0.4 is 15.4 Å². The molecule has 1 atom stereocenters. The Kier molecular flexibility index (Phi) is 9.56. The lowest BCUT2D eigenvalue weighted by molar-refractivity contribution is 0.164. The number of benzene rings is 1. The van der Waals surface area contributed by atoms with Gasteiger partial charge in [0.05, 0.1) is 25.4 Å². The third-order valence-electron chi connectivity index (χ3n) is 5.02. The summed E-state index contributed by atoms with van der Waals surface area (Å²) >= 11 is 0. The molecule has 2 aromatic rings. The van der Waals surface area contributed by atoms with Crippen LogP contribution in [0.15, 0.2) is 41.5 Å². The van der Waals surface area contributed by atoms with Gasteiger partial charge in [-0.3, -0.25) is 15.0 Å². The molecule has 2 heterocycles. The van der Waals surface area contributed by atoms with Crippen LogP contribution in [0.2, 0.25) is 0 Å². The highest BCUT2D eigenvalue weighted by Crippen LogP contribution is 2.25. The van der Waals surface area contributed by atoms with E-state index < -0.39 is 0 Å². The average Bonchev–Trinajstić information content (AvgIpc) is 3.25. The summed E-state index contributed by atoms with van der Waals surface area (Å²) in [5.41, 5.74) is 2.33. The van der Waals surface area contributed by atoms with E-state index >= 15 is 0 Å². The van der Waals surface area contributed by atoms with Gasteiger partial charge in [0.15, 0.2) is 5.96 Å². The number of H-pyrrole nitrogens is 1. The third kappa shape index (κ3) is 6.37. The molecule has 1 unspecified atom stereocenters. The Labute approximate surface area is 184 Å². The molecule has 154 valence electrons. The molecule has 0 spiro atoms. The van der Waals surface area contributed by atoms with Crippen LogP contribution in [0.25, 0.3) is 0 Å². The first-order valence-corrected chi connectivity index (χ1v) is 9.61. The number of guanidine groups is 1. The number of halogens is 1. The van der Waals surface area contributed by atoms with Crippen LogP contribution in [-0.4, -0.2) is 54.8 Å². The van der Waals surface area contributed by atoms with Crippen molar-refractivity contribution in [1.29, 1.82) is 0 Å². The van der Waals surface area contributed by atoms with E-state index in [2.05, 4.69) is 42.9 Å². The summed E-state index contributed by atoms with van der Waals surface area (Å²) < 4.78 is 5.31. The predicted molar refractivity (Wildman–Crippen MR) is 123 cm³/mol. The molecule has 0 radical (unpaired) electrons. The summed E-state index contributed by atoms with van der Waals surface area (Å²) in [4.78, 5) is 6.92. The number of hydrogen-bond acceptors (Lipinski definition) is 4. The summed E-state index contributed by atoms with van der Waals surface area (Å²) in [5, 5.41) is 13.7. The Morgan fingerprint density at radius 3 is 2.54 bits per heavy atom. The highest BCUT2D eigenvalue weighted by molar-refractivity contribution is 14.0. The van der Waals surface area contributed by atoms with E-state index in [-0.39, 0.29) is 24.0 Å². The van der Waals surface area contributed by atoms with Gasteiger partial charge in [-0.25, -0.2) is 0 Å². The molecular weight excluding hydrogens is 467 g/mol. The Bertz CT molecular complexity index is 698. The normalized spacial score (nSPS) is 16.1. The van der Waals surface area contributed by atoms with Gasteiger partial charge in [0.25, 0.3) is 0 Å². The van der Waals surface area contributed by atoms with E-state index in [0.717, 1.165) is 37.0 Å². The monoisotopic (exact) mass is 498 g/mol. The molecule has 0 amide bonds. The fraction of sp³-hybridized carbons (Fsp3) is 0.500. The number of nitrogens with one attached hydrogen (secondary N) is 3. The van der Waals surface area contributed by atoms with Crippen molar-refractivity contribution in [2.45, 2.75) is 31.8 Å². The molecule has 0 saturated carbocycles. The van der Waals surface area contributed by atoms with E-state index in [0.29, 0.717) is 12.6 Å². The first-order chi connectivity index (χ1) is 13.3. The van der Waals surface area contributed by atoms with Gasteiger partial charge >= 0.3 is 0 Å².